The molecule has 0 atom stereocenters. The zero-order valence-electron chi connectivity index (χ0n) is 27.8. The molecule has 0 amide bonds. The normalized spacial score (nSPS) is 13.2. The van der Waals surface area contributed by atoms with E-state index in [1.807, 2.05) is 17.4 Å². The first kappa shape index (κ1) is 29.1. The highest BCUT2D eigenvalue weighted by molar-refractivity contribution is 7.25. The maximum atomic E-state index is 5.28. The summed E-state index contributed by atoms with van der Waals surface area (Å²) in [5.41, 5.74) is 13.0. The van der Waals surface area contributed by atoms with Crippen LogP contribution in [-0.4, -0.2) is 9.97 Å². The van der Waals surface area contributed by atoms with Crippen LogP contribution in [0, 0.1) is 0 Å². The summed E-state index contributed by atoms with van der Waals surface area (Å²) in [6.07, 6.45) is 0. The Morgan fingerprint density at radius 3 is 1.86 bits per heavy atom. The van der Waals surface area contributed by atoms with E-state index in [-0.39, 0.29) is 5.41 Å². The SMILES string of the molecule is CC1(C)c2ccccc2-c2c(-c3ccc(-c4cc(-c5cccc6sc7ccccc7c56)nc(-c5ccccc5)n4)c4ccccc34)cccc21. The third kappa shape index (κ3) is 4.33. The number of benzene rings is 7. The molecule has 0 radical (unpaired) electrons. The van der Waals surface area contributed by atoms with Gasteiger partial charge in [0.25, 0.3) is 0 Å². The second kappa shape index (κ2) is 11.1. The fourth-order valence-corrected chi connectivity index (χ4v) is 9.30. The van der Waals surface area contributed by atoms with Crippen molar-refractivity contribution in [1.29, 1.82) is 0 Å². The minimum Gasteiger partial charge on any atom is -0.228 e. The lowest BCUT2D eigenvalue weighted by atomic mass is 9.81. The summed E-state index contributed by atoms with van der Waals surface area (Å²) in [6.45, 7) is 4.69. The number of rotatable bonds is 4. The zero-order chi connectivity index (χ0) is 33.4. The van der Waals surface area contributed by atoms with Crippen LogP contribution in [0.3, 0.4) is 0 Å². The summed E-state index contributed by atoms with van der Waals surface area (Å²) in [4.78, 5) is 10.5. The Hall–Kier alpha value is -5.90. The predicted molar refractivity (Wildman–Crippen MR) is 212 cm³/mol. The van der Waals surface area contributed by atoms with E-state index in [1.165, 1.54) is 64.3 Å². The number of aromatic nitrogens is 2. The number of fused-ring (bicyclic) bond motifs is 7. The van der Waals surface area contributed by atoms with Gasteiger partial charge in [0.2, 0.25) is 0 Å². The van der Waals surface area contributed by atoms with Crippen molar-refractivity contribution < 1.29 is 0 Å². The second-order valence-corrected chi connectivity index (χ2v) is 14.8. The van der Waals surface area contributed by atoms with E-state index in [1.54, 1.807) is 0 Å². The molecular formula is C47H32N2S. The molecule has 0 fully saturated rings. The number of hydrogen-bond donors (Lipinski definition) is 0. The standard InChI is InChI=1S/C47H32N2S/c1-47(2)38-22-10-8-18-35(38)44-34(20-12-23-39(44)47)32-26-27-33(31-17-7-6-16-30(31)32)40-28-41(49-46(48-40)29-14-4-3-5-15-29)36-21-13-25-43-45(36)37-19-9-11-24-42(37)50-43/h3-28H,1-2H3. The third-order valence-electron chi connectivity index (χ3n) is 10.5. The Balaban J connectivity index is 1.22. The van der Waals surface area contributed by atoms with Gasteiger partial charge >= 0.3 is 0 Å². The molecule has 0 spiro atoms. The molecule has 0 saturated carbocycles. The molecule has 0 bridgehead atoms. The Bertz CT molecular complexity index is 2790. The summed E-state index contributed by atoms with van der Waals surface area (Å²) in [5, 5.41) is 4.90. The van der Waals surface area contributed by atoms with Crippen molar-refractivity contribution in [3.05, 3.63) is 169 Å². The van der Waals surface area contributed by atoms with Crippen molar-refractivity contribution in [2.45, 2.75) is 19.3 Å². The molecule has 2 nitrogen and oxygen atoms in total. The van der Waals surface area contributed by atoms with Crippen molar-refractivity contribution in [1.82, 2.24) is 9.97 Å². The van der Waals surface area contributed by atoms with Crippen molar-refractivity contribution in [3.63, 3.8) is 0 Å². The molecule has 2 aromatic heterocycles. The van der Waals surface area contributed by atoms with Gasteiger partial charge in [-0.2, -0.15) is 0 Å². The van der Waals surface area contributed by atoms with E-state index in [2.05, 4.69) is 166 Å². The highest BCUT2D eigenvalue weighted by Crippen LogP contribution is 2.53. The van der Waals surface area contributed by atoms with Gasteiger partial charge in [-0.05, 0) is 62.4 Å². The van der Waals surface area contributed by atoms with Crippen LogP contribution in [0.5, 0.6) is 0 Å². The smallest absolute Gasteiger partial charge is 0.160 e. The maximum Gasteiger partial charge on any atom is 0.160 e. The maximum absolute atomic E-state index is 5.28. The van der Waals surface area contributed by atoms with Gasteiger partial charge in [0.1, 0.15) is 0 Å². The van der Waals surface area contributed by atoms with Crippen LogP contribution >= 0.6 is 11.3 Å². The van der Waals surface area contributed by atoms with Gasteiger partial charge in [-0.25, -0.2) is 9.97 Å². The Kier molecular flexibility index (Phi) is 6.43. The van der Waals surface area contributed by atoms with Gasteiger partial charge in [-0.3, -0.25) is 0 Å². The molecule has 7 aromatic carbocycles. The van der Waals surface area contributed by atoms with E-state index in [9.17, 15) is 0 Å². The first-order valence-electron chi connectivity index (χ1n) is 17.2. The average molecular weight is 657 g/mol. The van der Waals surface area contributed by atoms with E-state index in [4.69, 9.17) is 9.97 Å². The molecular weight excluding hydrogens is 625 g/mol. The summed E-state index contributed by atoms with van der Waals surface area (Å²) >= 11 is 1.83. The molecule has 0 aliphatic heterocycles. The van der Waals surface area contributed by atoms with Crippen LogP contribution in [0.25, 0.3) is 87.1 Å². The van der Waals surface area contributed by atoms with Crippen LogP contribution in [-0.2, 0) is 5.41 Å². The van der Waals surface area contributed by atoms with Crippen LogP contribution in [0.4, 0.5) is 0 Å². The van der Waals surface area contributed by atoms with E-state index < -0.39 is 0 Å². The summed E-state index contributed by atoms with van der Waals surface area (Å²) in [5.74, 6) is 0.725. The molecule has 1 aliphatic rings. The number of thiophene rings is 1. The molecule has 50 heavy (non-hydrogen) atoms. The predicted octanol–water partition coefficient (Wildman–Crippen LogP) is 13.0. The fraction of sp³-hybridized carbons (Fsp3) is 0.0638. The van der Waals surface area contributed by atoms with Gasteiger partial charge in [0.15, 0.2) is 5.82 Å². The highest BCUT2D eigenvalue weighted by atomic mass is 32.1. The van der Waals surface area contributed by atoms with Crippen molar-refractivity contribution in [2.24, 2.45) is 0 Å². The lowest BCUT2D eigenvalue weighted by molar-refractivity contribution is 0.660. The lowest BCUT2D eigenvalue weighted by Gasteiger charge is -2.22. The molecule has 2 heterocycles. The van der Waals surface area contributed by atoms with Crippen molar-refractivity contribution in [3.8, 4) is 56.2 Å². The molecule has 0 unspecified atom stereocenters. The van der Waals surface area contributed by atoms with E-state index >= 15 is 0 Å². The Morgan fingerprint density at radius 1 is 0.440 bits per heavy atom. The monoisotopic (exact) mass is 656 g/mol. The van der Waals surface area contributed by atoms with Crippen LogP contribution < -0.4 is 0 Å². The van der Waals surface area contributed by atoms with Crippen molar-refractivity contribution >= 4 is 42.3 Å². The van der Waals surface area contributed by atoms with Gasteiger partial charge < -0.3 is 0 Å². The molecule has 3 heteroatoms. The average Bonchev–Trinajstić information content (AvgIpc) is 3.67. The zero-order valence-corrected chi connectivity index (χ0v) is 28.6. The summed E-state index contributed by atoms with van der Waals surface area (Å²) < 4.78 is 2.55. The quantitative estimate of drug-likeness (QED) is 0.188. The Morgan fingerprint density at radius 2 is 1.02 bits per heavy atom. The van der Waals surface area contributed by atoms with Crippen LogP contribution in [0.1, 0.15) is 25.0 Å². The largest absolute Gasteiger partial charge is 0.228 e. The molecule has 9 aromatic rings. The first-order chi connectivity index (χ1) is 24.6. The fourth-order valence-electron chi connectivity index (χ4n) is 8.16. The van der Waals surface area contributed by atoms with E-state index in [0.717, 1.165) is 33.9 Å². The van der Waals surface area contributed by atoms with Crippen molar-refractivity contribution in [2.75, 3.05) is 0 Å². The minimum atomic E-state index is -0.0560. The summed E-state index contributed by atoms with van der Waals surface area (Å²) in [6, 6.07) is 56.9. The highest BCUT2D eigenvalue weighted by Gasteiger charge is 2.36. The third-order valence-corrected chi connectivity index (χ3v) is 11.7. The summed E-state index contributed by atoms with van der Waals surface area (Å²) in [7, 11) is 0. The number of nitrogens with zero attached hydrogens (tertiary/aromatic N) is 2. The van der Waals surface area contributed by atoms with Crippen LogP contribution in [0.15, 0.2) is 158 Å². The van der Waals surface area contributed by atoms with E-state index in [0.29, 0.717) is 0 Å². The van der Waals surface area contributed by atoms with Gasteiger partial charge in [-0.15, -0.1) is 11.3 Å². The Labute approximate surface area is 295 Å². The first-order valence-corrected chi connectivity index (χ1v) is 18.0. The molecule has 10 rings (SSSR count). The molecule has 1 aliphatic carbocycles. The second-order valence-electron chi connectivity index (χ2n) is 13.7. The van der Waals surface area contributed by atoms with Gasteiger partial charge in [0.05, 0.1) is 11.4 Å². The molecule has 0 saturated heterocycles. The van der Waals surface area contributed by atoms with Gasteiger partial charge in [-0.1, -0.05) is 153 Å². The molecule has 0 N–H and O–H groups in total. The topological polar surface area (TPSA) is 25.8 Å². The minimum absolute atomic E-state index is 0.0560. The van der Waals surface area contributed by atoms with Gasteiger partial charge in [0, 0.05) is 42.3 Å². The van der Waals surface area contributed by atoms with Crippen LogP contribution in [0.2, 0.25) is 0 Å². The lowest BCUT2D eigenvalue weighted by Crippen LogP contribution is -2.14. The number of hydrogen-bond acceptors (Lipinski definition) is 3. The molecule has 236 valence electrons.